The molecule has 0 aromatic heterocycles. The maximum absolute atomic E-state index is 5.63. The van der Waals surface area contributed by atoms with Crippen LogP contribution in [0.25, 0.3) is 0 Å². The number of nitrogens with two attached hydrogens (primary N) is 1. The molecule has 3 heteroatoms. The number of rotatable bonds is 3. The fourth-order valence-corrected chi connectivity index (χ4v) is 1.60. The van der Waals surface area contributed by atoms with E-state index in [-0.39, 0.29) is 0 Å². The van der Waals surface area contributed by atoms with Crippen molar-refractivity contribution in [3.8, 4) is 0 Å². The molecular weight excluding hydrogens is 140 g/mol. The highest BCUT2D eigenvalue weighted by molar-refractivity contribution is 4.80. The number of hydrogen-bond donors (Lipinski definition) is 1. The van der Waals surface area contributed by atoms with Gasteiger partial charge in [-0.1, -0.05) is 0 Å². The summed E-state index contributed by atoms with van der Waals surface area (Å²) in [7, 11) is 4.11. The van der Waals surface area contributed by atoms with Crippen molar-refractivity contribution in [3.05, 3.63) is 0 Å². The summed E-state index contributed by atoms with van der Waals surface area (Å²) in [6, 6.07) is 0.400. The summed E-state index contributed by atoms with van der Waals surface area (Å²) in [5.41, 5.74) is 5.63. The van der Waals surface area contributed by atoms with E-state index in [0.29, 0.717) is 18.7 Å². The lowest BCUT2D eigenvalue weighted by atomic mass is 10.1. The average molecular weight is 158 g/mol. The molecule has 1 aliphatic rings. The fourth-order valence-electron chi connectivity index (χ4n) is 1.60. The van der Waals surface area contributed by atoms with Crippen molar-refractivity contribution in [1.29, 1.82) is 0 Å². The second kappa shape index (κ2) is 4.04. The van der Waals surface area contributed by atoms with Crippen LogP contribution in [0.3, 0.4) is 0 Å². The largest absolute Gasteiger partial charge is 0.377 e. The van der Waals surface area contributed by atoms with Gasteiger partial charge < -0.3 is 15.4 Å². The third-order valence-electron chi connectivity index (χ3n) is 2.30. The molecule has 11 heavy (non-hydrogen) atoms. The van der Waals surface area contributed by atoms with Crippen LogP contribution in [-0.2, 0) is 4.74 Å². The highest BCUT2D eigenvalue weighted by atomic mass is 16.5. The third kappa shape index (κ3) is 2.15. The highest BCUT2D eigenvalue weighted by Gasteiger charge is 2.25. The lowest BCUT2D eigenvalue weighted by Gasteiger charge is -2.27. The molecule has 0 radical (unpaired) electrons. The molecule has 0 bridgehead atoms. The minimum absolute atomic E-state index is 0.370. The minimum atomic E-state index is 0.370. The van der Waals surface area contributed by atoms with Crippen molar-refractivity contribution >= 4 is 0 Å². The zero-order valence-electron chi connectivity index (χ0n) is 7.42. The van der Waals surface area contributed by atoms with Crippen LogP contribution in [0.5, 0.6) is 0 Å². The summed E-state index contributed by atoms with van der Waals surface area (Å²) < 4.78 is 5.55. The van der Waals surface area contributed by atoms with E-state index in [0.717, 1.165) is 6.61 Å². The van der Waals surface area contributed by atoms with Crippen molar-refractivity contribution < 1.29 is 4.74 Å². The van der Waals surface area contributed by atoms with Gasteiger partial charge >= 0.3 is 0 Å². The van der Waals surface area contributed by atoms with E-state index in [9.17, 15) is 0 Å². The van der Waals surface area contributed by atoms with E-state index < -0.39 is 0 Å². The van der Waals surface area contributed by atoms with E-state index in [1.807, 2.05) is 0 Å². The lowest BCUT2D eigenvalue weighted by Crippen LogP contribution is -2.44. The van der Waals surface area contributed by atoms with Crippen LogP contribution in [0.4, 0.5) is 0 Å². The summed E-state index contributed by atoms with van der Waals surface area (Å²) in [5.74, 6) is 0. The maximum Gasteiger partial charge on any atom is 0.0743 e. The standard InChI is InChI=1S/C8H18N2O/c1-10(2)7(6-9)8-4-3-5-11-8/h7-8H,3-6,9H2,1-2H3. The highest BCUT2D eigenvalue weighted by Crippen LogP contribution is 2.17. The summed E-state index contributed by atoms with van der Waals surface area (Å²) in [6.07, 6.45) is 2.73. The van der Waals surface area contributed by atoms with Crippen LogP contribution in [0.2, 0.25) is 0 Å². The molecule has 66 valence electrons. The van der Waals surface area contributed by atoms with Gasteiger partial charge in [0.05, 0.1) is 6.10 Å². The van der Waals surface area contributed by atoms with E-state index in [2.05, 4.69) is 19.0 Å². The summed E-state index contributed by atoms with van der Waals surface area (Å²) in [4.78, 5) is 2.15. The Morgan fingerprint density at radius 1 is 1.64 bits per heavy atom. The van der Waals surface area contributed by atoms with Crippen LogP contribution < -0.4 is 5.73 Å². The molecule has 1 rings (SSSR count). The van der Waals surface area contributed by atoms with Gasteiger partial charge in [0, 0.05) is 19.2 Å². The molecule has 1 fully saturated rings. The van der Waals surface area contributed by atoms with Gasteiger partial charge in [-0.15, -0.1) is 0 Å². The van der Waals surface area contributed by atoms with Crippen molar-refractivity contribution in [1.82, 2.24) is 4.90 Å². The average Bonchev–Trinajstić information content (AvgIpc) is 2.40. The molecule has 0 aromatic rings. The lowest BCUT2D eigenvalue weighted by molar-refractivity contribution is 0.0464. The summed E-state index contributed by atoms with van der Waals surface area (Å²) >= 11 is 0. The van der Waals surface area contributed by atoms with Gasteiger partial charge in [0.15, 0.2) is 0 Å². The summed E-state index contributed by atoms with van der Waals surface area (Å²) in [5, 5.41) is 0. The van der Waals surface area contributed by atoms with Crippen molar-refractivity contribution in [2.45, 2.75) is 25.0 Å². The Labute approximate surface area is 68.5 Å². The predicted molar refractivity (Wildman–Crippen MR) is 45.5 cm³/mol. The minimum Gasteiger partial charge on any atom is -0.377 e. The Kier molecular flexibility index (Phi) is 3.30. The molecule has 2 unspecified atom stereocenters. The molecule has 1 heterocycles. The van der Waals surface area contributed by atoms with E-state index >= 15 is 0 Å². The maximum atomic E-state index is 5.63. The second-order valence-electron chi connectivity index (χ2n) is 3.32. The first-order valence-electron chi connectivity index (χ1n) is 4.24. The molecule has 1 saturated heterocycles. The molecule has 0 saturated carbocycles. The van der Waals surface area contributed by atoms with Crippen molar-refractivity contribution in [2.24, 2.45) is 5.73 Å². The smallest absolute Gasteiger partial charge is 0.0743 e. The first-order valence-corrected chi connectivity index (χ1v) is 4.24. The quantitative estimate of drug-likeness (QED) is 0.631. The molecule has 1 aliphatic heterocycles. The Morgan fingerprint density at radius 3 is 2.73 bits per heavy atom. The molecule has 0 aromatic carbocycles. The molecule has 2 atom stereocenters. The monoisotopic (exact) mass is 158 g/mol. The van der Waals surface area contributed by atoms with Crippen molar-refractivity contribution in [2.75, 3.05) is 27.2 Å². The Hall–Kier alpha value is -0.120. The van der Waals surface area contributed by atoms with Gasteiger partial charge in [-0.05, 0) is 26.9 Å². The SMILES string of the molecule is CN(C)C(CN)C1CCCO1. The topological polar surface area (TPSA) is 38.5 Å². The van der Waals surface area contributed by atoms with E-state index in [4.69, 9.17) is 10.5 Å². The van der Waals surface area contributed by atoms with Crippen LogP contribution in [-0.4, -0.2) is 44.3 Å². The predicted octanol–water partition coefficient (Wildman–Crippen LogP) is 0.0543. The molecule has 3 nitrogen and oxygen atoms in total. The summed E-state index contributed by atoms with van der Waals surface area (Å²) in [6.45, 7) is 1.60. The Bertz CT molecular complexity index is 111. The Balaban J connectivity index is 2.40. The van der Waals surface area contributed by atoms with Crippen molar-refractivity contribution in [3.63, 3.8) is 0 Å². The van der Waals surface area contributed by atoms with Gasteiger partial charge in [0.25, 0.3) is 0 Å². The van der Waals surface area contributed by atoms with Gasteiger partial charge in [-0.2, -0.15) is 0 Å². The normalized spacial score (nSPS) is 27.8. The number of ether oxygens (including phenoxy) is 1. The zero-order valence-corrected chi connectivity index (χ0v) is 7.42. The fraction of sp³-hybridized carbons (Fsp3) is 1.00. The molecule has 2 N–H and O–H groups in total. The number of hydrogen-bond acceptors (Lipinski definition) is 3. The first kappa shape index (κ1) is 8.97. The van der Waals surface area contributed by atoms with E-state index in [1.165, 1.54) is 12.8 Å². The number of nitrogens with zero attached hydrogens (tertiary/aromatic N) is 1. The van der Waals surface area contributed by atoms with E-state index in [1.54, 1.807) is 0 Å². The third-order valence-corrected chi connectivity index (χ3v) is 2.30. The van der Waals surface area contributed by atoms with Gasteiger partial charge in [0.1, 0.15) is 0 Å². The number of likely N-dealkylation sites (N-methyl/N-ethyl adjacent to an activating group) is 1. The van der Waals surface area contributed by atoms with Gasteiger partial charge in [0.2, 0.25) is 0 Å². The van der Waals surface area contributed by atoms with Crippen LogP contribution in [0.15, 0.2) is 0 Å². The molecule has 0 spiro atoms. The van der Waals surface area contributed by atoms with Crippen LogP contribution in [0, 0.1) is 0 Å². The van der Waals surface area contributed by atoms with Crippen LogP contribution in [0.1, 0.15) is 12.8 Å². The zero-order chi connectivity index (χ0) is 8.27. The van der Waals surface area contributed by atoms with Crippen LogP contribution >= 0.6 is 0 Å². The molecular formula is C8H18N2O. The first-order chi connectivity index (χ1) is 5.25. The van der Waals surface area contributed by atoms with Gasteiger partial charge in [-0.3, -0.25) is 0 Å². The molecule has 0 aliphatic carbocycles. The Morgan fingerprint density at radius 2 is 2.36 bits per heavy atom. The second-order valence-corrected chi connectivity index (χ2v) is 3.32. The molecule has 0 amide bonds. The van der Waals surface area contributed by atoms with Gasteiger partial charge in [-0.25, -0.2) is 0 Å².